The minimum Gasteiger partial charge on any atom is -0.399 e. The summed E-state index contributed by atoms with van der Waals surface area (Å²) in [6.07, 6.45) is 8.41. The Morgan fingerprint density at radius 1 is 1.30 bits per heavy atom. The average Bonchev–Trinajstić information content (AvgIpc) is 3.16. The van der Waals surface area contributed by atoms with Crippen molar-refractivity contribution in [1.29, 1.82) is 0 Å². The standard InChI is InChI=1S/C15H20N4O2S2/c1-22-14(19-11-15(10-17-19)8-2-3-9-15)18-23(20,21)13-6-4-12(16)5-7-13/h4-7,10H,2-3,8-9,11,16H2,1H3. The normalized spacial score (nSPS) is 20.6. The summed E-state index contributed by atoms with van der Waals surface area (Å²) in [6, 6.07) is 6.06. The molecule has 8 heteroatoms. The lowest BCUT2D eigenvalue weighted by atomic mass is 9.89. The molecule has 0 aromatic heterocycles. The second-order valence-electron chi connectivity index (χ2n) is 5.99. The lowest BCUT2D eigenvalue weighted by molar-refractivity contribution is 0.352. The number of amidine groups is 1. The fourth-order valence-electron chi connectivity index (χ4n) is 3.04. The van der Waals surface area contributed by atoms with Crippen LogP contribution in [0.25, 0.3) is 0 Å². The number of rotatable bonds is 2. The summed E-state index contributed by atoms with van der Waals surface area (Å²) in [5, 5.41) is 6.52. The van der Waals surface area contributed by atoms with E-state index in [1.165, 1.54) is 36.7 Å². The van der Waals surface area contributed by atoms with E-state index in [0.29, 0.717) is 17.4 Å². The van der Waals surface area contributed by atoms with Crippen LogP contribution in [0.2, 0.25) is 0 Å². The number of hydrogen-bond acceptors (Lipinski definition) is 5. The molecule has 0 unspecified atom stereocenters. The van der Waals surface area contributed by atoms with E-state index in [1.54, 1.807) is 17.1 Å². The molecule has 23 heavy (non-hydrogen) atoms. The lowest BCUT2D eigenvalue weighted by Gasteiger charge is -2.22. The minimum absolute atomic E-state index is 0.0987. The Balaban J connectivity index is 1.84. The topological polar surface area (TPSA) is 88.1 Å². The van der Waals surface area contributed by atoms with Crippen molar-refractivity contribution in [2.75, 3.05) is 18.5 Å². The van der Waals surface area contributed by atoms with Crippen molar-refractivity contribution < 1.29 is 8.42 Å². The number of hydrazone groups is 1. The number of anilines is 1. The van der Waals surface area contributed by atoms with Crippen LogP contribution in [0.15, 0.2) is 38.7 Å². The van der Waals surface area contributed by atoms with Gasteiger partial charge in [-0.05, 0) is 43.4 Å². The summed E-state index contributed by atoms with van der Waals surface area (Å²) in [7, 11) is -3.76. The largest absolute Gasteiger partial charge is 0.399 e. The maximum Gasteiger partial charge on any atom is 0.284 e. The molecule has 1 heterocycles. The number of nitrogens with two attached hydrogens (primary N) is 1. The summed E-state index contributed by atoms with van der Waals surface area (Å²) in [4.78, 5) is 0.136. The van der Waals surface area contributed by atoms with Crippen molar-refractivity contribution in [1.82, 2.24) is 5.01 Å². The van der Waals surface area contributed by atoms with Crippen LogP contribution < -0.4 is 5.73 Å². The fourth-order valence-corrected chi connectivity index (χ4v) is 4.84. The molecule has 6 nitrogen and oxygen atoms in total. The highest BCUT2D eigenvalue weighted by molar-refractivity contribution is 8.13. The van der Waals surface area contributed by atoms with Crippen LogP contribution in [-0.2, 0) is 10.0 Å². The Kier molecular flexibility index (Phi) is 4.37. The fraction of sp³-hybridized carbons (Fsp3) is 0.467. The highest BCUT2D eigenvalue weighted by atomic mass is 32.2. The Hall–Kier alpha value is -1.54. The highest BCUT2D eigenvalue weighted by Crippen LogP contribution is 2.40. The number of hydrogen-bond donors (Lipinski definition) is 1. The van der Waals surface area contributed by atoms with Crippen molar-refractivity contribution >= 4 is 38.9 Å². The third kappa shape index (κ3) is 3.37. The molecule has 124 valence electrons. The van der Waals surface area contributed by atoms with Crippen LogP contribution in [0.4, 0.5) is 5.69 Å². The first kappa shape index (κ1) is 16.3. The summed E-state index contributed by atoms with van der Waals surface area (Å²) in [5.74, 6) is 0. The van der Waals surface area contributed by atoms with E-state index in [2.05, 4.69) is 9.50 Å². The quantitative estimate of drug-likeness (QED) is 0.502. The van der Waals surface area contributed by atoms with Crippen LogP contribution in [0.3, 0.4) is 0 Å². The zero-order valence-electron chi connectivity index (χ0n) is 13.0. The molecular weight excluding hydrogens is 332 g/mol. The molecule has 2 N–H and O–H groups in total. The maximum absolute atomic E-state index is 12.5. The van der Waals surface area contributed by atoms with E-state index in [0.717, 1.165) is 12.8 Å². The van der Waals surface area contributed by atoms with Gasteiger partial charge in [-0.3, -0.25) is 0 Å². The van der Waals surface area contributed by atoms with E-state index < -0.39 is 10.0 Å². The van der Waals surface area contributed by atoms with Gasteiger partial charge in [0.25, 0.3) is 10.0 Å². The Labute approximate surface area is 140 Å². The predicted octanol–water partition coefficient (Wildman–Crippen LogP) is 2.54. The van der Waals surface area contributed by atoms with E-state index >= 15 is 0 Å². The van der Waals surface area contributed by atoms with E-state index in [9.17, 15) is 8.42 Å². The van der Waals surface area contributed by atoms with Crippen LogP contribution in [0.5, 0.6) is 0 Å². The highest BCUT2D eigenvalue weighted by Gasteiger charge is 2.39. The van der Waals surface area contributed by atoms with Gasteiger partial charge in [0.2, 0.25) is 0 Å². The Morgan fingerprint density at radius 3 is 2.57 bits per heavy atom. The molecule has 1 aromatic rings. The van der Waals surface area contributed by atoms with Gasteiger partial charge >= 0.3 is 0 Å². The van der Waals surface area contributed by atoms with E-state index in [4.69, 9.17) is 5.73 Å². The molecule has 0 amide bonds. The van der Waals surface area contributed by atoms with Crippen molar-refractivity contribution in [3.05, 3.63) is 24.3 Å². The Bertz CT molecular complexity index is 735. The first-order valence-electron chi connectivity index (χ1n) is 7.51. The molecule has 1 aliphatic heterocycles. The first-order valence-corrected chi connectivity index (χ1v) is 10.2. The molecule has 1 aromatic carbocycles. The van der Waals surface area contributed by atoms with Gasteiger partial charge in [0, 0.05) is 17.3 Å². The summed E-state index contributed by atoms with van der Waals surface area (Å²) >= 11 is 1.29. The molecule has 0 saturated heterocycles. The van der Waals surface area contributed by atoms with E-state index in [-0.39, 0.29) is 10.3 Å². The predicted molar refractivity (Wildman–Crippen MR) is 95.1 cm³/mol. The second kappa shape index (κ2) is 6.16. The van der Waals surface area contributed by atoms with Gasteiger partial charge in [-0.15, -0.1) is 4.40 Å². The van der Waals surface area contributed by atoms with Crippen LogP contribution in [0.1, 0.15) is 25.7 Å². The number of sulfonamides is 1. The van der Waals surface area contributed by atoms with Gasteiger partial charge in [-0.2, -0.15) is 13.5 Å². The van der Waals surface area contributed by atoms with Gasteiger partial charge in [0.1, 0.15) is 0 Å². The van der Waals surface area contributed by atoms with Crippen LogP contribution in [-0.4, -0.2) is 37.6 Å². The SMILES string of the molecule is CSC(=NS(=O)(=O)c1ccc(N)cc1)N1CC2(C=N1)CCCC2. The van der Waals surface area contributed by atoms with Crippen molar-refractivity contribution in [3.8, 4) is 0 Å². The number of nitrogen functional groups attached to an aromatic ring is 1. The van der Waals surface area contributed by atoms with Gasteiger partial charge in [0.15, 0.2) is 5.17 Å². The maximum atomic E-state index is 12.5. The smallest absolute Gasteiger partial charge is 0.284 e. The summed E-state index contributed by atoms with van der Waals surface area (Å²) < 4.78 is 28.9. The minimum atomic E-state index is -3.76. The summed E-state index contributed by atoms with van der Waals surface area (Å²) in [6.45, 7) is 0.712. The first-order chi connectivity index (χ1) is 10.9. The van der Waals surface area contributed by atoms with Gasteiger partial charge in [-0.25, -0.2) is 5.01 Å². The molecule has 0 bridgehead atoms. The average molecular weight is 352 g/mol. The molecule has 1 aliphatic carbocycles. The zero-order valence-corrected chi connectivity index (χ0v) is 14.6. The molecule has 2 aliphatic rings. The van der Waals surface area contributed by atoms with Crippen LogP contribution >= 0.6 is 11.8 Å². The number of benzene rings is 1. The molecule has 0 radical (unpaired) electrons. The summed E-state index contributed by atoms with van der Waals surface area (Å²) in [5.41, 5.74) is 6.22. The molecule has 0 atom stereocenters. The zero-order chi connectivity index (χ0) is 16.5. The van der Waals surface area contributed by atoms with Gasteiger partial charge < -0.3 is 5.73 Å². The Morgan fingerprint density at radius 2 is 1.96 bits per heavy atom. The van der Waals surface area contributed by atoms with Crippen molar-refractivity contribution in [2.24, 2.45) is 14.9 Å². The van der Waals surface area contributed by atoms with Crippen molar-refractivity contribution in [3.63, 3.8) is 0 Å². The monoisotopic (exact) mass is 352 g/mol. The molecule has 1 spiro atoms. The number of thioether (sulfide) groups is 1. The lowest BCUT2D eigenvalue weighted by Crippen LogP contribution is -2.30. The molecule has 1 saturated carbocycles. The van der Waals surface area contributed by atoms with E-state index in [1.807, 2.05) is 12.5 Å². The molecule has 3 rings (SSSR count). The third-order valence-corrected chi connectivity index (χ3v) is 6.38. The second-order valence-corrected chi connectivity index (χ2v) is 8.37. The van der Waals surface area contributed by atoms with Gasteiger partial charge in [-0.1, -0.05) is 24.6 Å². The van der Waals surface area contributed by atoms with Gasteiger partial charge in [0.05, 0.1) is 11.4 Å². The number of nitrogens with zero attached hydrogens (tertiary/aromatic N) is 3. The molecule has 1 fully saturated rings. The molecular formula is C15H20N4O2S2. The third-order valence-electron chi connectivity index (χ3n) is 4.31. The van der Waals surface area contributed by atoms with Crippen molar-refractivity contribution in [2.45, 2.75) is 30.6 Å². The van der Waals surface area contributed by atoms with Crippen LogP contribution in [0, 0.1) is 5.41 Å².